The molecule has 2 heterocycles. The lowest BCUT2D eigenvalue weighted by molar-refractivity contribution is 0.0153. The van der Waals surface area contributed by atoms with Gasteiger partial charge in [-0.3, -0.25) is 4.90 Å². The number of nitrogens with zero attached hydrogens (tertiary/aromatic N) is 2. The van der Waals surface area contributed by atoms with E-state index >= 15 is 0 Å². The predicted octanol–water partition coefficient (Wildman–Crippen LogP) is 2.74. The van der Waals surface area contributed by atoms with Crippen LogP contribution in [0.15, 0.2) is 5.51 Å². The van der Waals surface area contributed by atoms with Gasteiger partial charge in [-0.05, 0) is 31.6 Å². The molecule has 0 spiro atoms. The van der Waals surface area contributed by atoms with Gasteiger partial charge in [-0.2, -0.15) is 11.8 Å². The number of nitrogens with two attached hydrogens (primary N) is 1. The molecule has 1 fully saturated rings. The fraction of sp³-hybridized carbons (Fsp3) is 0.786. The molecule has 1 atom stereocenters. The second kappa shape index (κ2) is 5.72. The fourth-order valence-corrected chi connectivity index (χ4v) is 5.65. The molecule has 19 heavy (non-hydrogen) atoms. The third kappa shape index (κ3) is 2.71. The Morgan fingerprint density at radius 1 is 1.47 bits per heavy atom. The van der Waals surface area contributed by atoms with Crippen molar-refractivity contribution in [2.75, 3.05) is 25.1 Å². The van der Waals surface area contributed by atoms with Gasteiger partial charge < -0.3 is 5.73 Å². The minimum absolute atomic E-state index is 0.0896. The van der Waals surface area contributed by atoms with Crippen molar-refractivity contribution >= 4 is 23.1 Å². The molecule has 1 saturated heterocycles. The average molecular weight is 300 g/mol. The van der Waals surface area contributed by atoms with Gasteiger partial charge in [-0.15, -0.1) is 11.3 Å². The molecule has 1 aliphatic rings. The zero-order chi connectivity index (χ0) is 14.1. The van der Waals surface area contributed by atoms with Crippen LogP contribution in [0.4, 0.5) is 0 Å². The lowest BCUT2D eigenvalue weighted by Crippen LogP contribution is -2.64. The van der Waals surface area contributed by atoms with E-state index in [1.807, 2.05) is 17.3 Å². The van der Waals surface area contributed by atoms with Gasteiger partial charge in [0.25, 0.3) is 0 Å². The van der Waals surface area contributed by atoms with E-state index in [-0.39, 0.29) is 11.0 Å². The number of hydrogen-bond acceptors (Lipinski definition) is 5. The quantitative estimate of drug-likeness (QED) is 0.928. The van der Waals surface area contributed by atoms with Crippen molar-refractivity contribution < 1.29 is 0 Å². The van der Waals surface area contributed by atoms with Crippen LogP contribution in [0.25, 0.3) is 0 Å². The molecule has 0 bridgehead atoms. The third-order valence-corrected chi connectivity index (χ3v) is 6.86. The highest BCUT2D eigenvalue weighted by Crippen LogP contribution is 2.45. The van der Waals surface area contributed by atoms with Gasteiger partial charge in [0, 0.05) is 29.3 Å². The number of aryl methyl sites for hydroxylation is 1. The molecule has 1 aliphatic heterocycles. The molecule has 0 amide bonds. The number of hydrogen-bond donors (Lipinski definition) is 1. The SMILES string of the molecule is Cc1ncsc1CN(C)C1(CN)CSCCC1(C)C. The number of aromatic nitrogens is 1. The lowest BCUT2D eigenvalue weighted by atomic mass is 9.70. The average Bonchev–Trinajstić information content (AvgIpc) is 2.75. The normalized spacial score (nSPS) is 26.8. The Kier molecular flexibility index (Phi) is 4.60. The molecular formula is C14H25N3S2. The highest BCUT2D eigenvalue weighted by molar-refractivity contribution is 7.99. The van der Waals surface area contributed by atoms with Crippen molar-refractivity contribution in [2.45, 2.75) is 39.3 Å². The molecule has 5 heteroatoms. The molecule has 1 aromatic rings. The molecule has 0 radical (unpaired) electrons. The smallest absolute Gasteiger partial charge is 0.0798 e. The highest BCUT2D eigenvalue weighted by atomic mass is 32.2. The lowest BCUT2D eigenvalue weighted by Gasteiger charge is -2.54. The highest BCUT2D eigenvalue weighted by Gasteiger charge is 2.48. The topological polar surface area (TPSA) is 42.2 Å². The summed E-state index contributed by atoms with van der Waals surface area (Å²) in [5, 5.41) is 0. The molecule has 0 saturated carbocycles. The minimum Gasteiger partial charge on any atom is -0.329 e. The largest absolute Gasteiger partial charge is 0.329 e. The standard InChI is InChI=1S/C14H25N3S2/c1-11-12(19-10-16-11)7-17(4)14(8-15)9-18-6-5-13(14,2)3/h10H,5-9,15H2,1-4H3. The van der Waals surface area contributed by atoms with E-state index in [9.17, 15) is 0 Å². The summed E-state index contributed by atoms with van der Waals surface area (Å²) in [4.78, 5) is 8.19. The van der Waals surface area contributed by atoms with Gasteiger partial charge in [-0.25, -0.2) is 4.98 Å². The third-order valence-electron chi connectivity index (χ3n) is 4.77. The summed E-state index contributed by atoms with van der Waals surface area (Å²) < 4.78 is 0. The van der Waals surface area contributed by atoms with Crippen molar-refractivity contribution in [1.29, 1.82) is 0 Å². The molecule has 2 N–H and O–H groups in total. The number of likely N-dealkylation sites (N-methyl/N-ethyl adjacent to an activating group) is 1. The van der Waals surface area contributed by atoms with E-state index in [0.29, 0.717) is 0 Å². The van der Waals surface area contributed by atoms with Crippen LogP contribution in [-0.2, 0) is 6.54 Å². The van der Waals surface area contributed by atoms with E-state index in [1.54, 1.807) is 11.3 Å². The van der Waals surface area contributed by atoms with Gasteiger partial charge in [-0.1, -0.05) is 13.8 Å². The van der Waals surface area contributed by atoms with E-state index in [2.05, 4.69) is 37.7 Å². The second-order valence-corrected chi connectivity index (χ2v) is 8.18. The first-order valence-corrected chi connectivity index (χ1v) is 8.84. The van der Waals surface area contributed by atoms with Crippen LogP contribution in [0.1, 0.15) is 30.8 Å². The molecule has 1 aromatic heterocycles. The Hall–Kier alpha value is -0.100. The van der Waals surface area contributed by atoms with Crippen molar-refractivity contribution in [1.82, 2.24) is 9.88 Å². The van der Waals surface area contributed by atoms with E-state index in [1.165, 1.54) is 17.1 Å². The molecule has 1 unspecified atom stereocenters. The summed E-state index contributed by atoms with van der Waals surface area (Å²) >= 11 is 3.79. The Morgan fingerprint density at radius 3 is 2.74 bits per heavy atom. The maximum Gasteiger partial charge on any atom is 0.0798 e. The van der Waals surface area contributed by atoms with Crippen molar-refractivity contribution in [3.8, 4) is 0 Å². The van der Waals surface area contributed by atoms with Gasteiger partial charge in [0.15, 0.2) is 0 Å². The van der Waals surface area contributed by atoms with E-state index < -0.39 is 0 Å². The number of rotatable bonds is 4. The number of thioether (sulfide) groups is 1. The van der Waals surface area contributed by atoms with Crippen LogP contribution >= 0.6 is 23.1 Å². The predicted molar refractivity (Wildman–Crippen MR) is 85.8 cm³/mol. The first-order chi connectivity index (χ1) is 8.93. The zero-order valence-corrected chi connectivity index (χ0v) is 14.0. The van der Waals surface area contributed by atoms with Crippen LogP contribution in [0, 0.1) is 12.3 Å². The maximum atomic E-state index is 6.21. The van der Waals surface area contributed by atoms with Crippen molar-refractivity contribution in [3.63, 3.8) is 0 Å². The van der Waals surface area contributed by atoms with E-state index in [0.717, 1.165) is 24.5 Å². The first kappa shape index (κ1) is 15.3. The Labute approximate surface area is 125 Å². The van der Waals surface area contributed by atoms with Gasteiger partial charge in [0.1, 0.15) is 0 Å². The van der Waals surface area contributed by atoms with E-state index in [4.69, 9.17) is 5.73 Å². The maximum absolute atomic E-state index is 6.21. The Balaban J connectivity index is 2.23. The summed E-state index contributed by atoms with van der Waals surface area (Å²) in [6, 6.07) is 0. The Morgan fingerprint density at radius 2 is 2.21 bits per heavy atom. The van der Waals surface area contributed by atoms with Crippen molar-refractivity contribution in [2.24, 2.45) is 11.1 Å². The van der Waals surface area contributed by atoms with Crippen LogP contribution in [0.3, 0.4) is 0 Å². The summed E-state index contributed by atoms with van der Waals surface area (Å²) in [7, 11) is 2.22. The molecular weight excluding hydrogens is 274 g/mol. The summed E-state index contributed by atoms with van der Waals surface area (Å²) in [5.41, 5.74) is 9.66. The van der Waals surface area contributed by atoms with Crippen molar-refractivity contribution in [3.05, 3.63) is 16.1 Å². The molecule has 3 nitrogen and oxygen atoms in total. The molecule has 0 aromatic carbocycles. The second-order valence-electron chi connectivity index (χ2n) is 6.14. The summed E-state index contributed by atoms with van der Waals surface area (Å²) in [5.74, 6) is 2.38. The van der Waals surface area contributed by atoms with Gasteiger partial charge in [0.05, 0.1) is 11.2 Å². The molecule has 2 rings (SSSR count). The van der Waals surface area contributed by atoms with Crippen LogP contribution in [-0.4, -0.2) is 40.5 Å². The Bertz CT molecular complexity index is 430. The summed E-state index contributed by atoms with van der Waals surface area (Å²) in [6.45, 7) is 8.51. The van der Waals surface area contributed by atoms with Crippen LogP contribution in [0.5, 0.6) is 0 Å². The van der Waals surface area contributed by atoms with Crippen LogP contribution in [0.2, 0.25) is 0 Å². The zero-order valence-electron chi connectivity index (χ0n) is 12.4. The first-order valence-electron chi connectivity index (χ1n) is 6.81. The molecule has 108 valence electrons. The van der Waals surface area contributed by atoms with Gasteiger partial charge in [0.2, 0.25) is 0 Å². The number of thiazole rings is 1. The molecule has 0 aliphatic carbocycles. The minimum atomic E-state index is 0.0896. The van der Waals surface area contributed by atoms with Crippen LogP contribution < -0.4 is 5.73 Å². The summed E-state index contributed by atoms with van der Waals surface area (Å²) in [6.07, 6.45) is 1.24. The van der Waals surface area contributed by atoms with Gasteiger partial charge >= 0.3 is 0 Å². The monoisotopic (exact) mass is 299 g/mol. The fourth-order valence-electron chi connectivity index (χ4n) is 2.96.